The van der Waals surface area contributed by atoms with Crippen molar-refractivity contribution in [3.05, 3.63) is 18.0 Å². The standard InChI is InChI=1S/C12H19N5O/c1-12(2)10(18)16(3)6-7-17(12)11-14-5-4-9(8-13)15-11/h4-5H,6-8,13H2,1-3H3. The molecule has 1 aliphatic heterocycles. The van der Waals surface area contributed by atoms with Gasteiger partial charge in [0.2, 0.25) is 11.9 Å². The number of hydrogen-bond donors (Lipinski definition) is 1. The van der Waals surface area contributed by atoms with Gasteiger partial charge in [0.25, 0.3) is 0 Å². The van der Waals surface area contributed by atoms with E-state index in [0.717, 1.165) is 12.2 Å². The van der Waals surface area contributed by atoms with E-state index < -0.39 is 5.54 Å². The third-order valence-corrected chi connectivity index (χ3v) is 3.35. The Morgan fingerprint density at radius 2 is 2.17 bits per heavy atom. The molecule has 0 bridgehead atoms. The highest BCUT2D eigenvalue weighted by atomic mass is 16.2. The number of hydrogen-bond acceptors (Lipinski definition) is 5. The molecule has 18 heavy (non-hydrogen) atoms. The fourth-order valence-corrected chi connectivity index (χ4v) is 2.19. The molecule has 0 saturated carbocycles. The molecule has 1 aromatic rings. The average molecular weight is 249 g/mol. The fourth-order valence-electron chi connectivity index (χ4n) is 2.19. The minimum Gasteiger partial charge on any atom is -0.342 e. The van der Waals surface area contributed by atoms with Crippen molar-refractivity contribution < 1.29 is 4.79 Å². The molecular formula is C12H19N5O. The van der Waals surface area contributed by atoms with Gasteiger partial charge in [-0.05, 0) is 19.9 Å². The molecule has 1 saturated heterocycles. The van der Waals surface area contributed by atoms with E-state index in [4.69, 9.17) is 5.73 Å². The molecule has 0 aromatic carbocycles. The second kappa shape index (κ2) is 4.53. The van der Waals surface area contributed by atoms with Gasteiger partial charge in [0.1, 0.15) is 5.54 Å². The summed E-state index contributed by atoms with van der Waals surface area (Å²) in [5, 5.41) is 0. The van der Waals surface area contributed by atoms with Gasteiger partial charge in [-0.1, -0.05) is 0 Å². The number of likely N-dealkylation sites (N-methyl/N-ethyl adjacent to an activating group) is 1. The fraction of sp³-hybridized carbons (Fsp3) is 0.583. The molecule has 6 heteroatoms. The van der Waals surface area contributed by atoms with E-state index in [2.05, 4.69) is 9.97 Å². The van der Waals surface area contributed by atoms with Crippen molar-refractivity contribution in [2.75, 3.05) is 25.0 Å². The smallest absolute Gasteiger partial charge is 0.247 e. The van der Waals surface area contributed by atoms with Crippen LogP contribution in [0.4, 0.5) is 5.95 Å². The lowest BCUT2D eigenvalue weighted by atomic mass is 9.98. The van der Waals surface area contributed by atoms with Gasteiger partial charge in [-0.25, -0.2) is 9.97 Å². The van der Waals surface area contributed by atoms with E-state index in [1.54, 1.807) is 17.2 Å². The second-order valence-electron chi connectivity index (χ2n) is 4.99. The number of nitrogens with zero attached hydrogens (tertiary/aromatic N) is 4. The van der Waals surface area contributed by atoms with E-state index in [9.17, 15) is 4.79 Å². The maximum atomic E-state index is 12.2. The summed E-state index contributed by atoms with van der Waals surface area (Å²) in [4.78, 5) is 24.5. The number of aromatic nitrogens is 2. The van der Waals surface area contributed by atoms with Crippen LogP contribution in [0.15, 0.2) is 12.3 Å². The maximum absolute atomic E-state index is 12.2. The van der Waals surface area contributed by atoms with Crippen molar-refractivity contribution in [1.29, 1.82) is 0 Å². The highest BCUT2D eigenvalue weighted by Crippen LogP contribution is 2.25. The van der Waals surface area contributed by atoms with Crippen LogP contribution in [-0.2, 0) is 11.3 Å². The molecule has 98 valence electrons. The number of carbonyl (C=O) groups is 1. The van der Waals surface area contributed by atoms with Crippen molar-refractivity contribution in [3.63, 3.8) is 0 Å². The van der Waals surface area contributed by atoms with E-state index in [0.29, 0.717) is 19.0 Å². The molecule has 1 amide bonds. The molecule has 0 aliphatic carbocycles. The van der Waals surface area contributed by atoms with Gasteiger partial charge in [0, 0.05) is 32.9 Å². The summed E-state index contributed by atoms with van der Waals surface area (Å²) in [5.74, 6) is 0.653. The van der Waals surface area contributed by atoms with Crippen LogP contribution in [0.3, 0.4) is 0 Å². The van der Waals surface area contributed by atoms with E-state index in [-0.39, 0.29) is 5.91 Å². The van der Waals surface area contributed by atoms with Crippen LogP contribution in [0.1, 0.15) is 19.5 Å². The third kappa shape index (κ3) is 2.03. The van der Waals surface area contributed by atoms with Gasteiger partial charge in [0.05, 0.1) is 5.69 Å². The predicted octanol–water partition coefficient (Wildman–Crippen LogP) is -0.00770. The molecule has 6 nitrogen and oxygen atoms in total. The molecule has 2 rings (SSSR count). The molecule has 1 fully saturated rings. The van der Waals surface area contributed by atoms with Crippen LogP contribution in [0, 0.1) is 0 Å². The topological polar surface area (TPSA) is 75.3 Å². The molecule has 0 atom stereocenters. The van der Waals surface area contributed by atoms with Gasteiger partial charge in [-0.3, -0.25) is 4.79 Å². The lowest BCUT2D eigenvalue weighted by Crippen LogP contribution is -2.62. The summed E-state index contributed by atoms with van der Waals surface area (Å²) < 4.78 is 0. The molecule has 0 unspecified atom stereocenters. The first-order valence-electron chi connectivity index (χ1n) is 6.02. The lowest BCUT2D eigenvalue weighted by molar-refractivity contribution is -0.136. The highest BCUT2D eigenvalue weighted by molar-refractivity contribution is 5.89. The van der Waals surface area contributed by atoms with E-state index >= 15 is 0 Å². The SMILES string of the molecule is CN1CCN(c2nccc(CN)n2)C(C)(C)C1=O. The van der Waals surface area contributed by atoms with Gasteiger partial charge in [-0.2, -0.15) is 0 Å². The molecule has 0 radical (unpaired) electrons. The van der Waals surface area contributed by atoms with E-state index in [1.165, 1.54) is 0 Å². The molecule has 2 heterocycles. The van der Waals surface area contributed by atoms with Crippen molar-refractivity contribution in [3.8, 4) is 0 Å². The first kappa shape index (κ1) is 12.8. The predicted molar refractivity (Wildman–Crippen MR) is 69.0 cm³/mol. The van der Waals surface area contributed by atoms with Crippen molar-refractivity contribution in [2.45, 2.75) is 25.9 Å². The number of anilines is 1. The quantitative estimate of drug-likeness (QED) is 0.798. The van der Waals surface area contributed by atoms with Gasteiger partial charge in [0.15, 0.2) is 0 Å². The van der Waals surface area contributed by atoms with Crippen LogP contribution in [0.5, 0.6) is 0 Å². The first-order valence-corrected chi connectivity index (χ1v) is 6.02. The first-order chi connectivity index (χ1) is 8.46. The molecule has 2 N–H and O–H groups in total. The van der Waals surface area contributed by atoms with Crippen molar-refractivity contribution in [2.24, 2.45) is 5.73 Å². The summed E-state index contributed by atoms with van der Waals surface area (Å²) in [6.45, 7) is 5.56. The summed E-state index contributed by atoms with van der Waals surface area (Å²) in [6.07, 6.45) is 1.68. The summed E-state index contributed by atoms with van der Waals surface area (Å²) in [5.41, 5.74) is 5.74. The minimum absolute atomic E-state index is 0.0792. The van der Waals surface area contributed by atoms with Crippen LogP contribution >= 0.6 is 0 Å². The van der Waals surface area contributed by atoms with Crippen LogP contribution in [-0.4, -0.2) is 46.5 Å². The summed E-state index contributed by atoms with van der Waals surface area (Å²) in [6, 6.07) is 1.79. The van der Waals surface area contributed by atoms with Crippen LogP contribution in [0.25, 0.3) is 0 Å². The van der Waals surface area contributed by atoms with Crippen molar-refractivity contribution >= 4 is 11.9 Å². The molecular weight excluding hydrogens is 230 g/mol. The highest BCUT2D eigenvalue weighted by Gasteiger charge is 2.41. The van der Waals surface area contributed by atoms with Crippen LogP contribution < -0.4 is 10.6 Å². The van der Waals surface area contributed by atoms with Gasteiger partial charge < -0.3 is 15.5 Å². The Labute approximate surface area is 107 Å². The van der Waals surface area contributed by atoms with Gasteiger partial charge >= 0.3 is 0 Å². The number of carbonyl (C=O) groups excluding carboxylic acids is 1. The number of rotatable bonds is 2. The Bertz CT molecular complexity index is 460. The Kier molecular flexibility index (Phi) is 3.21. The summed E-state index contributed by atoms with van der Waals surface area (Å²) in [7, 11) is 1.82. The third-order valence-electron chi connectivity index (χ3n) is 3.35. The maximum Gasteiger partial charge on any atom is 0.247 e. The largest absolute Gasteiger partial charge is 0.342 e. The number of amides is 1. The number of nitrogens with two attached hydrogens (primary N) is 1. The number of piperazine rings is 1. The average Bonchev–Trinajstić information content (AvgIpc) is 2.36. The minimum atomic E-state index is -0.625. The Hall–Kier alpha value is -1.69. The zero-order valence-electron chi connectivity index (χ0n) is 11.1. The zero-order valence-corrected chi connectivity index (χ0v) is 11.1. The Morgan fingerprint density at radius 3 is 2.83 bits per heavy atom. The molecule has 1 aliphatic rings. The Balaban J connectivity index is 2.34. The monoisotopic (exact) mass is 249 g/mol. The molecule has 1 aromatic heterocycles. The van der Waals surface area contributed by atoms with Crippen molar-refractivity contribution in [1.82, 2.24) is 14.9 Å². The van der Waals surface area contributed by atoms with E-state index in [1.807, 2.05) is 25.8 Å². The lowest BCUT2D eigenvalue weighted by Gasteiger charge is -2.44. The Morgan fingerprint density at radius 1 is 1.44 bits per heavy atom. The van der Waals surface area contributed by atoms with Gasteiger partial charge in [-0.15, -0.1) is 0 Å². The zero-order chi connectivity index (χ0) is 13.3. The summed E-state index contributed by atoms with van der Waals surface area (Å²) >= 11 is 0. The van der Waals surface area contributed by atoms with Crippen LogP contribution in [0.2, 0.25) is 0 Å². The normalized spacial score (nSPS) is 19.2. The second-order valence-corrected chi connectivity index (χ2v) is 4.99. The molecule has 0 spiro atoms.